The van der Waals surface area contributed by atoms with Crippen LogP contribution in [0.2, 0.25) is 0 Å². The van der Waals surface area contributed by atoms with Crippen molar-refractivity contribution in [2.24, 2.45) is 0 Å². The molecule has 0 aliphatic carbocycles. The lowest BCUT2D eigenvalue weighted by Gasteiger charge is -2.09. The smallest absolute Gasteiger partial charge is 0.142 e. The third kappa shape index (κ3) is 1.46. The molecular weight excluding hydrogens is 204 g/mol. The third-order valence-electron chi connectivity index (χ3n) is 2.98. The van der Waals surface area contributed by atoms with Gasteiger partial charge in [-0.25, -0.2) is 4.98 Å². The van der Waals surface area contributed by atoms with Crippen LogP contribution < -0.4 is 4.74 Å². The number of methoxy groups -OCH3 is 1. The number of hydrogen-bond donors (Lipinski definition) is 0. The van der Waals surface area contributed by atoms with Crippen LogP contribution in [-0.4, -0.2) is 23.1 Å². The molecule has 1 atom stereocenters. The predicted octanol–water partition coefficient (Wildman–Crippen LogP) is 2.19. The fourth-order valence-corrected chi connectivity index (χ4v) is 2.13. The van der Waals surface area contributed by atoms with Gasteiger partial charge in [0, 0.05) is 6.61 Å². The van der Waals surface area contributed by atoms with Crippen molar-refractivity contribution in [1.29, 1.82) is 0 Å². The van der Waals surface area contributed by atoms with Crippen molar-refractivity contribution < 1.29 is 9.47 Å². The van der Waals surface area contributed by atoms with Gasteiger partial charge in [0.1, 0.15) is 17.7 Å². The number of fused-ring (bicyclic) bond motifs is 1. The highest BCUT2D eigenvalue weighted by Gasteiger charge is 2.22. The molecule has 0 saturated carbocycles. The van der Waals surface area contributed by atoms with Crippen LogP contribution in [0.4, 0.5) is 0 Å². The van der Waals surface area contributed by atoms with Gasteiger partial charge < -0.3 is 9.47 Å². The van der Waals surface area contributed by atoms with E-state index >= 15 is 0 Å². The molecular formula is C12H14N2O2. The van der Waals surface area contributed by atoms with Crippen molar-refractivity contribution in [3.63, 3.8) is 0 Å². The summed E-state index contributed by atoms with van der Waals surface area (Å²) >= 11 is 0. The molecule has 2 aromatic heterocycles. The third-order valence-corrected chi connectivity index (χ3v) is 2.98. The number of aromatic nitrogens is 2. The minimum Gasteiger partial charge on any atom is -0.495 e. The molecule has 1 saturated heterocycles. The average Bonchev–Trinajstić information content (AvgIpc) is 2.96. The summed E-state index contributed by atoms with van der Waals surface area (Å²) in [6, 6.07) is 3.95. The molecule has 0 N–H and O–H groups in total. The van der Waals surface area contributed by atoms with Gasteiger partial charge in [0.05, 0.1) is 25.0 Å². The van der Waals surface area contributed by atoms with Crippen LogP contribution in [0.25, 0.3) is 5.52 Å². The Balaban J connectivity index is 2.09. The van der Waals surface area contributed by atoms with Gasteiger partial charge in [0.25, 0.3) is 0 Å². The first-order chi connectivity index (χ1) is 7.88. The van der Waals surface area contributed by atoms with Crippen LogP contribution in [-0.2, 0) is 4.74 Å². The summed E-state index contributed by atoms with van der Waals surface area (Å²) in [5.74, 6) is 1.82. The van der Waals surface area contributed by atoms with E-state index in [4.69, 9.17) is 9.47 Å². The molecule has 1 aliphatic heterocycles. The minimum atomic E-state index is 0.134. The van der Waals surface area contributed by atoms with Crippen LogP contribution in [0.1, 0.15) is 24.8 Å². The molecule has 0 aromatic carbocycles. The molecule has 3 heterocycles. The molecule has 1 aliphatic rings. The number of nitrogens with zero attached hydrogens (tertiary/aromatic N) is 2. The van der Waals surface area contributed by atoms with Gasteiger partial charge in [-0.2, -0.15) is 0 Å². The average molecular weight is 218 g/mol. The maximum Gasteiger partial charge on any atom is 0.142 e. The summed E-state index contributed by atoms with van der Waals surface area (Å²) < 4.78 is 12.9. The Morgan fingerprint density at radius 3 is 3.19 bits per heavy atom. The Kier molecular flexibility index (Phi) is 2.29. The number of ether oxygens (including phenoxy) is 2. The molecule has 0 bridgehead atoms. The van der Waals surface area contributed by atoms with Crippen molar-refractivity contribution in [3.8, 4) is 5.75 Å². The van der Waals surface area contributed by atoms with E-state index in [2.05, 4.69) is 9.38 Å². The summed E-state index contributed by atoms with van der Waals surface area (Å²) in [6.07, 6.45) is 6.13. The highest BCUT2D eigenvalue weighted by Crippen LogP contribution is 2.28. The predicted molar refractivity (Wildman–Crippen MR) is 59.7 cm³/mol. The van der Waals surface area contributed by atoms with Crippen molar-refractivity contribution in [2.75, 3.05) is 13.7 Å². The SMILES string of the molecule is COc1ccc2cnc(C3CCCO3)n2c1. The van der Waals surface area contributed by atoms with Gasteiger partial charge >= 0.3 is 0 Å². The zero-order valence-corrected chi connectivity index (χ0v) is 9.22. The second-order valence-corrected chi connectivity index (χ2v) is 3.98. The van der Waals surface area contributed by atoms with E-state index in [0.717, 1.165) is 36.5 Å². The largest absolute Gasteiger partial charge is 0.495 e. The van der Waals surface area contributed by atoms with E-state index in [-0.39, 0.29) is 6.10 Å². The Labute approximate surface area is 93.8 Å². The summed E-state index contributed by atoms with van der Waals surface area (Å²) in [6.45, 7) is 0.837. The Morgan fingerprint density at radius 1 is 1.50 bits per heavy atom. The van der Waals surface area contributed by atoms with E-state index < -0.39 is 0 Å². The van der Waals surface area contributed by atoms with E-state index in [0.29, 0.717) is 0 Å². The molecule has 1 fully saturated rings. The monoisotopic (exact) mass is 218 g/mol. The van der Waals surface area contributed by atoms with Gasteiger partial charge in [-0.1, -0.05) is 0 Å². The molecule has 0 amide bonds. The van der Waals surface area contributed by atoms with Gasteiger partial charge in [-0.05, 0) is 25.0 Å². The highest BCUT2D eigenvalue weighted by atomic mass is 16.5. The first kappa shape index (κ1) is 9.66. The van der Waals surface area contributed by atoms with Crippen molar-refractivity contribution >= 4 is 5.52 Å². The van der Waals surface area contributed by atoms with Crippen LogP contribution in [0.15, 0.2) is 24.5 Å². The second-order valence-electron chi connectivity index (χ2n) is 3.98. The first-order valence-electron chi connectivity index (χ1n) is 5.51. The fourth-order valence-electron chi connectivity index (χ4n) is 2.13. The topological polar surface area (TPSA) is 35.8 Å². The zero-order valence-electron chi connectivity index (χ0n) is 9.22. The van der Waals surface area contributed by atoms with Crippen molar-refractivity contribution in [2.45, 2.75) is 18.9 Å². The summed E-state index contributed by atoms with van der Waals surface area (Å²) in [5, 5.41) is 0. The van der Waals surface area contributed by atoms with E-state index in [1.807, 2.05) is 24.5 Å². The van der Waals surface area contributed by atoms with Gasteiger partial charge in [0.15, 0.2) is 0 Å². The van der Waals surface area contributed by atoms with Crippen molar-refractivity contribution in [1.82, 2.24) is 9.38 Å². The van der Waals surface area contributed by atoms with Crippen LogP contribution in [0, 0.1) is 0 Å². The van der Waals surface area contributed by atoms with E-state index in [9.17, 15) is 0 Å². The lowest BCUT2D eigenvalue weighted by Crippen LogP contribution is -2.02. The van der Waals surface area contributed by atoms with E-state index in [1.54, 1.807) is 7.11 Å². The van der Waals surface area contributed by atoms with Gasteiger partial charge in [-0.15, -0.1) is 0 Å². The standard InChI is InChI=1S/C12H14N2O2/c1-15-10-5-4-9-7-13-12(14(9)8-10)11-3-2-6-16-11/h4-5,7-8,11H,2-3,6H2,1H3. The summed E-state index contributed by atoms with van der Waals surface area (Å²) in [4.78, 5) is 4.44. The Bertz CT molecular complexity index is 501. The number of hydrogen-bond acceptors (Lipinski definition) is 3. The number of pyridine rings is 1. The minimum absolute atomic E-state index is 0.134. The molecule has 3 rings (SSSR count). The highest BCUT2D eigenvalue weighted by molar-refractivity contribution is 5.48. The maximum atomic E-state index is 5.65. The first-order valence-corrected chi connectivity index (χ1v) is 5.51. The molecule has 4 nitrogen and oxygen atoms in total. The summed E-state index contributed by atoms with van der Waals surface area (Å²) in [5.41, 5.74) is 1.08. The van der Waals surface area contributed by atoms with Crippen LogP contribution >= 0.6 is 0 Å². The van der Waals surface area contributed by atoms with E-state index in [1.165, 1.54) is 0 Å². The molecule has 4 heteroatoms. The zero-order chi connectivity index (χ0) is 11.0. The van der Waals surface area contributed by atoms with Gasteiger partial charge in [0.2, 0.25) is 0 Å². The molecule has 84 valence electrons. The second kappa shape index (κ2) is 3.79. The van der Waals surface area contributed by atoms with Crippen LogP contribution in [0.3, 0.4) is 0 Å². The molecule has 0 spiro atoms. The molecule has 2 aromatic rings. The molecule has 1 unspecified atom stereocenters. The van der Waals surface area contributed by atoms with Crippen LogP contribution in [0.5, 0.6) is 5.75 Å². The summed E-state index contributed by atoms with van der Waals surface area (Å²) in [7, 11) is 1.67. The Morgan fingerprint density at radius 2 is 2.44 bits per heavy atom. The number of imidazole rings is 1. The maximum absolute atomic E-state index is 5.65. The van der Waals surface area contributed by atoms with Gasteiger partial charge in [-0.3, -0.25) is 4.40 Å². The number of rotatable bonds is 2. The van der Waals surface area contributed by atoms with Crippen molar-refractivity contribution in [3.05, 3.63) is 30.4 Å². The molecule has 16 heavy (non-hydrogen) atoms. The Hall–Kier alpha value is -1.55. The lowest BCUT2D eigenvalue weighted by atomic mass is 10.2. The quantitative estimate of drug-likeness (QED) is 0.775. The normalized spacial score (nSPS) is 20.4. The molecule has 0 radical (unpaired) electrons. The fraction of sp³-hybridized carbons (Fsp3) is 0.417. The lowest BCUT2D eigenvalue weighted by molar-refractivity contribution is 0.104.